The Morgan fingerprint density at radius 2 is 1.57 bits per heavy atom. The van der Waals surface area contributed by atoms with E-state index in [1.807, 2.05) is 36.4 Å². The van der Waals surface area contributed by atoms with Crippen LogP contribution in [0.3, 0.4) is 0 Å². The van der Waals surface area contributed by atoms with E-state index in [1.54, 1.807) is 0 Å². The fraction of sp³-hybridized carbons (Fsp3) is 0.130. The fourth-order valence-corrected chi connectivity index (χ4v) is 3.54. The van der Waals surface area contributed by atoms with Crippen LogP contribution in [0.4, 0.5) is 17.2 Å². The summed E-state index contributed by atoms with van der Waals surface area (Å²) in [7, 11) is 0. The first-order valence-electron chi connectivity index (χ1n) is 9.51. The van der Waals surface area contributed by atoms with Crippen molar-refractivity contribution < 1.29 is 0 Å². The van der Waals surface area contributed by atoms with E-state index in [1.165, 1.54) is 5.56 Å². The van der Waals surface area contributed by atoms with Crippen molar-refractivity contribution in [3.8, 4) is 0 Å². The van der Waals surface area contributed by atoms with E-state index in [2.05, 4.69) is 58.4 Å². The van der Waals surface area contributed by atoms with Crippen LogP contribution in [0.2, 0.25) is 0 Å². The maximum atomic E-state index is 4.89. The van der Waals surface area contributed by atoms with Gasteiger partial charge in [-0.15, -0.1) is 0 Å². The minimum atomic E-state index is 0.0109. The largest absolute Gasteiger partial charge is 0.381 e. The summed E-state index contributed by atoms with van der Waals surface area (Å²) in [6.45, 7) is 1.47. The van der Waals surface area contributed by atoms with Gasteiger partial charge in [-0.25, -0.2) is 9.97 Å². The average molecular weight is 367 g/mol. The Labute approximate surface area is 163 Å². The molecule has 28 heavy (non-hydrogen) atoms. The first-order valence-corrected chi connectivity index (χ1v) is 9.51. The summed E-state index contributed by atoms with van der Waals surface area (Å²) in [6.07, 6.45) is 0. The summed E-state index contributed by atoms with van der Waals surface area (Å²) in [5, 5.41) is 11.6. The topological polar surface area (TPSA) is 61.9 Å². The van der Waals surface area contributed by atoms with Crippen molar-refractivity contribution in [1.82, 2.24) is 9.97 Å². The SMILES string of the molecule is c1ccc(CNc2nc(C3CNc4ccccc4N3)nc3ccccc23)cc1. The molecule has 138 valence electrons. The Morgan fingerprint density at radius 1 is 0.821 bits per heavy atom. The van der Waals surface area contributed by atoms with Gasteiger partial charge in [-0.1, -0.05) is 54.6 Å². The number of rotatable bonds is 4. The van der Waals surface area contributed by atoms with Gasteiger partial charge in [0.05, 0.1) is 16.9 Å². The molecule has 0 aliphatic carbocycles. The molecule has 0 amide bonds. The van der Waals surface area contributed by atoms with E-state index < -0.39 is 0 Å². The normalized spacial score (nSPS) is 15.4. The molecule has 4 aromatic rings. The lowest BCUT2D eigenvalue weighted by Gasteiger charge is -2.27. The summed E-state index contributed by atoms with van der Waals surface area (Å²) in [4.78, 5) is 9.72. The molecule has 1 aliphatic heterocycles. The third-order valence-corrected chi connectivity index (χ3v) is 4.99. The van der Waals surface area contributed by atoms with Gasteiger partial charge in [0.2, 0.25) is 0 Å². The summed E-state index contributed by atoms with van der Waals surface area (Å²) >= 11 is 0. The lowest BCUT2D eigenvalue weighted by Crippen LogP contribution is -2.27. The van der Waals surface area contributed by atoms with Gasteiger partial charge >= 0.3 is 0 Å². The number of nitrogens with zero attached hydrogens (tertiary/aromatic N) is 2. The first kappa shape index (κ1) is 16.6. The van der Waals surface area contributed by atoms with Crippen LogP contribution in [-0.2, 0) is 6.54 Å². The Bertz CT molecular complexity index is 1110. The van der Waals surface area contributed by atoms with E-state index in [9.17, 15) is 0 Å². The van der Waals surface area contributed by atoms with E-state index in [0.29, 0.717) is 0 Å². The molecular formula is C23H21N5. The van der Waals surface area contributed by atoms with E-state index in [4.69, 9.17) is 9.97 Å². The second-order valence-electron chi connectivity index (χ2n) is 6.91. The highest BCUT2D eigenvalue weighted by Gasteiger charge is 2.22. The molecule has 1 aromatic heterocycles. The molecule has 0 saturated carbocycles. The van der Waals surface area contributed by atoms with Gasteiger partial charge in [-0.3, -0.25) is 0 Å². The number of hydrogen-bond acceptors (Lipinski definition) is 5. The molecule has 0 saturated heterocycles. The van der Waals surface area contributed by atoms with Crippen LogP contribution >= 0.6 is 0 Å². The second kappa shape index (κ2) is 7.19. The quantitative estimate of drug-likeness (QED) is 0.483. The molecule has 5 rings (SSSR count). The predicted molar refractivity (Wildman–Crippen MR) is 115 cm³/mol. The molecule has 0 bridgehead atoms. The zero-order chi connectivity index (χ0) is 18.8. The van der Waals surface area contributed by atoms with Gasteiger partial charge in [0.15, 0.2) is 5.82 Å². The van der Waals surface area contributed by atoms with Crippen LogP contribution in [0.5, 0.6) is 0 Å². The standard InChI is InChI=1S/C23H21N5/c1-2-8-16(9-3-1)14-25-22-17-10-4-5-11-18(17)27-23(28-22)21-15-24-19-12-6-7-13-20(19)26-21/h1-13,21,24,26H,14-15H2,(H,25,27,28). The number of anilines is 3. The zero-order valence-corrected chi connectivity index (χ0v) is 15.4. The molecule has 0 fully saturated rings. The number of aromatic nitrogens is 2. The second-order valence-corrected chi connectivity index (χ2v) is 6.91. The minimum absolute atomic E-state index is 0.0109. The lowest BCUT2D eigenvalue weighted by atomic mass is 10.1. The number of para-hydroxylation sites is 3. The Hall–Kier alpha value is -3.60. The fourth-order valence-electron chi connectivity index (χ4n) is 3.54. The Kier molecular flexibility index (Phi) is 4.26. The molecule has 5 heteroatoms. The molecular weight excluding hydrogens is 346 g/mol. The minimum Gasteiger partial charge on any atom is -0.381 e. The summed E-state index contributed by atoms with van der Waals surface area (Å²) < 4.78 is 0. The van der Waals surface area contributed by atoms with Gasteiger partial charge in [-0.05, 0) is 29.8 Å². The number of nitrogens with one attached hydrogen (secondary N) is 3. The van der Waals surface area contributed by atoms with Gasteiger partial charge in [0.1, 0.15) is 11.9 Å². The Morgan fingerprint density at radius 3 is 2.46 bits per heavy atom. The van der Waals surface area contributed by atoms with Gasteiger partial charge in [0.25, 0.3) is 0 Å². The monoisotopic (exact) mass is 367 g/mol. The highest BCUT2D eigenvalue weighted by atomic mass is 15.1. The van der Waals surface area contributed by atoms with Crippen LogP contribution in [0.1, 0.15) is 17.4 Å². The van der Waals surface area contributed by atoms with Gasteiger partial charge < -0.3 is 16.0 Å². The summed E-state index contributed by atoms with van der Waals surface area (Å²) in [5.74, 6) is 1.65. The predicted octanol–water partition coefficient (Wildman–Crippen LogP) is 4.82. The smallest absolute Gasteiger partial charge is 0.155 e. The number of hydrogen-bond donors (Lipinski definition) is 3. The molecule has 3 aromatic carbocycles. The maximum absolute atomic E-state index is 4.89. The molecule has 1 unspecified atom stereocenters. The van der Waals surface area contributed by atoms with E-state index in [0.717, 1.165) is 47.0 Å². The number of benzene rings is 3. The third-order valence-electron chi connectivity index (χ3n) is 4.99. The average Bonchev–Trinajstić information content (AvgIpc) is 2.77. The van der Waals surface area contributed by atoms with Crippen molar-refractivity contribution in [3.05, 3.63) is 90.3 Å². The molecule has 1 aliphatic rings. The summed E-state index contributed by atoms with van der Waals surface area (Å²) in [6, 6.07) is 26.7. The van der Waals surface area contributed by atoms with Crippen LogP contribution in [0, 0.1) is 0 Å². The van der Waals surface area contributed by atoms with Gasteiger partial charge in [0, 0.05) is 18.5 Å². The van der Waals surface area contributed by atoms with E-state index >= 15 is 0 Å². The lowest BCUT2D eigenvalue weighted by molar-refractivity contribution is 0.742. The van der Waals surface area contributed by atoms with Crippen LogP contribution in [0.15, 0.2) is 78.9 Å². The van der Waals surface area contributed by atoms with Crippen molar-refractivity contribution in [1.29, 1.82) is 0 Å². The highest BCUT2D eigenvalue weighted by molar-refractivity contribution is 5.89. The van der Waals surface area contributed by atoms with Crippen molar-refractivity contribution in [2.24, 2.45) is 0 Å². The third kappa shape index (κ3) is 3.22. The van der Waals surface area contributed by atoms with Crippen LogP contribution < -0.4 is 16.0 Å². The maximum Gasteiger partial charge on any atom is 0.155 e. The molecule has 5 nitrogen and oxygen atoms in total. The van der Waals surface area contributed by atoms with Crippen molar-refractivity contribution in [2.45, 2.75) is 12.6 Å². The highest BCUT2D eigenvalue weighted by Crippen LogP contribution is 2.31. The molecule has 3 N–H and O–H groups in total. The first-order chi connectivity index (χ1) is 13.9. The van der Waals surface area contributed by atoms with Crippen LogP contribution in [0.25, 0.3) is 10.9 Å². The zero-order valence-electron chi connectivity index (χ0n) is 15.4. The van der Waals surface area contributed by atoms with Crippen molar-refractivity contribution in [2.75, 3.05) is 22.5 Å². The van der Waals surface area contributed by atoms with Crippen molar-refractivity contribution >= 4 is 28.1 Å². The Balaban J connectivity index is 1.48. The van der Waals surface area contributed by atoms with Gasteiger partial charge in [-0.2, -0.15) is 0 Å². The molecule has 1 atom stereocenters. The number of fused-ring (bicyclic) bond motifs is 2. The van der Waals surface area contributed by atoms with Crippen LogP contribution in [-0.4, -0.2) is 16.5 Å². The molecule has 0 radical (unpaired) electrons. The molecule has 2 heterocycles. The molecule has 0 spiro atoms. The van der Waals surface area contributed by atoms with Crippen molar-refractivity contribution in [3.63, 3.8) is 0 Å². The summed E-state index contributed by atoms with van der Waals surface area (Å²) in [5.41, 5.74) is 4.36. The van der Waals surface area contributed by atoms with E-state index in [-0.39, 0.29) is 6.04 Å².